The molecule has 0 bridgehead atoms. The van der Waals surface area contributed by atoms with Crippen LogP contribution in [-0.4, -0.2) is 65.9 Å². The molecule has 1 N–H and O–H groups in total. The zero-order valence-corrected chi connectivity index (χ0v) is 14.8. The van der Waals surface area contributed by atoms with E-state index in [0.29, 0.717) is 17.7 Å². The minimum absolute atomic E-state index is 0.00344. The van der Waals surface area contributed by atoms with Crippen LogP contribution in [-0.2, 0) is 0 Å². The molecule has 132 valence electrons. The molecule has 1 heterocycles. The molecular formula is C17H26N4O3. The second-order valence-corrected chi connectivity index (χ2v) is 7.02. The predicted molar refractivity (Wildman–Crippen MR) is 93.3 cm³/mol. The lowest BCUT2D eigenvalue weighted by Gasteiger charge is -2.45. The van der Waals surface area contributed by atoms with Crippen molar-refractivity contribution in [2.45, 2.75) is 26.3 Å². The number of nitrogens with one attached hydrogen (secondary N) is 1. The average molecular weight is 334 g/mol. The summed E-state index contributed by atoms with van der Waals surface area (Å²) < 4.78 is 0. The second-order valence-electron chi connectivity index (χ2n) is 7.02. The van der Waals surface area contributed by atoms with Crippen LogP contribution in [0.5, 0.6) is 0 Å². The molecule has 7 heteroatoms. The zero-order valence-electron chi connectivity index (χ0n) is 14.8. The molecule has 0 unspecified atom stereocenters. The Bertz CT molecular complexity index is 630. The van der Waals surface area contributed by atoms with Gasteiger partial charge in [-0.2, -0.15) is 0 Å². The quantitative estimate of drug-likeness (QED) is 0.654. The number of rotatable bonds is 5. The molecule has 1 fully saturated rings. The molecular weight excluding hydrogens is 308 g/mol. The van der Waals surface area contributed by atoms with Gasteiger partial charge in [-0.15, -0.1) is 0 Å². The van der Waals surface area contributed by atoms with Crippen LogP contribution in [0.4, 0.5) is 5.69 Å². The predicted octanol–water partition coefficient (Wildman–Crippen LogP) is 1.66. The molecule has 1 aliphatic rings. The first-order chi connectivity index (χ1) is 11.2. The van der Waals surface area contributed by atoms with E-state index < -0.39 is 4.92 Å². The lowest BCUT2D eigenvalue weighted by molar-refractivity contribution is -0.384. The Morgan fingerprint density at radius 2 is 2.08 bits per heavy atom. The van der Waals surface area contributed by atoms with Crippen molar-refractivity contribution in [3.05, 3.63) is 39.4 Å². The SMILES string of the molecule is Cc1cc([N+](=O)[O-])ccc1C(=O)NCCN1CCN(C)C(C)(C)C1. The number of carbonyl (C=O) groups is 1. The lowest BCUT2D eigenvalue weighted by atomic mass is 10.00. The highest BCUT2D eigenvalue weighted by molar-refractivity contribution is 5.95. The van der Waals surface area contributed by atoms with Gasteiger partial charge in [-0.1, -0.05) is 0 Å². The van der Waals surface area contributed by atoms with Crippen molar-refractivity contribution < 1.29 is 9.72 Å². The Labute approximate surface area is 142 Å². The highest BCUT2D eigenvalue weighted by atomic mass is 16.6. The summed E-state index contributed by atoms with van der Waals surface area (Å²) in [7, 11) is 2.14. The highest BCUT2D eigenvalue weighted by Gasteiger charge is 2.30. The van der Waals surface area contributed by atoms with Crippen LogP contribution in [0.25, 0.3) is 0 Å². The maximum absolute atomic E-state index is 12.3. The minimum atomic E-state index is -0.455. The maximum atomic E-state index is 12.3. The monoisotopic (exact) mass is 334 g/mol. The van der Waals surface area contributed by atoms with Gasteiger partial charge in [0.05, 0.1) is 4.92 Å². The van der Waals surface area contributed by atoms with E-state index >= 15 is 0 Å². The smallest absolute Gasteiger partial charge is 0.269 e. The van der Waals surface area contributed by atoms with E-state index in [1.807, 2.05) is 0 Å². The first-order valence-corrected chi connectivity index (χ1v) is 8.17. The standard InChI is InChI=1S/C17H26N4O3/c1-13-11-14(21(23)24)5-6-15(13)16(22)18-7-8-20-10-9-19(4)17(2,3)12-20/h5-6,11H,7-10,12H2,1-4H3,(H,18,22). The molecule has 1 saturated heterocycles. The molecule has 0 atom stereocenters. The van der Waals surface area contributed by atoms with E-state index in [9.17, 15) is 14.9 Å². The number of amides is 1. The van der Waals surface area contributed by atoms with Crippen LogP contribution in [0.3, 0.4) is 0 Å². The fraction of sp³-hybridized carbons (Fsp3) is 0.588. The van der Waals surface area contributed by atoms with Gasteiger partial charge in [0.15, 0.2) is 0 Å². The maximum Gasteiger partial charge on any atom is 0.269 e. The van der Waals surface area contributed by atoms with Gasteiger partial charge in [0.2, 0.25) is 0 Å². The van der Waals surface area contributed by atoms with Gasteiger partial charge < -0.3 is 5.32 Å². The zero-order chi connectivity index (χ0) is 17.9. The van der Waals surface area contributed by atoms with Gasteiger partial charge in [-0.25, -0.2) is 0 Å². The van der Waals surface area contributed by atoms with Crippen molar-refractivity contribution in [1.82, 2.24) is 15.1 Å². The number of carbonyl (C=O) groups excluding carboxylic acids is 1. The van der Waals surface area contributed by atoms with Crippen LogP contribution >= 0.6 is 0 Å². The van der Waals surface area contributed by atoms with Crippen molar-refractivity contribution in [3.8, 4) is 0 Å². The fourth-order valence-electron chi connectivity index (χ4n) is 2.97. The van der Waals surface area contributed by atoms with Crippen LogP contribution in [0.1, 0.15) is 29.8 Å². The summed E-state index contributed by atoms with van der Waals surface area (Å²) in [6.07, 6.45) is 0. The molecule has 7 nitrogen and oxygen atoms in total. The van der Waals surface area contributed by atoms with E-state index in [1.54, 1.807) is 6.92 Å². The van der Waals surface area contributed by atoms with Crippen LogP contribution in [0.2, 0.25) is 0 Å². The molecule has 0 saturated carbocycles. The highest BCUT2D eigenvalue weighted by Crippen LogP contribution is 2.19. The second kappa shape index (κ2) is 7.27. The molecule has 1 aromatic rings. The normalized spacial score (nSPS) is 18.3. The van der Waals surface area contributed by atoms with E-state index in [1.165, 1.54) is 18.2 Å². The summed E-state index contributed by atoms with van der Waals surface area (Å²) in [6, 6.07) is 4.31. The third-order valence-corrected chi connectivity index (χ3v) is 4.77. The van der Waals surface area contributed by atoms with Gasteiger partial charge in [0.1, 0.15) is 0 Å². The molecule has 0 radical (unpaired) electrons. The van der Waals surface area contributed by atoms with E-state index in [0.717, 1.165) is 26.2 Å². The Balaban J connectivity index is 1.87. The molecule has 0 aliphatic carbocycles. The van der Waals surface area contributed by atoms with Gasteiger partial charge >= 0.3 is 0 Å². The topological polar surface area (TPSA) is 78.7 Å². The summed E-state index contributed by atoms with van der Waals surface area (Å²) in [5.74, 6) is -0.184. The number of benzene rings is 1. The van der Waals surface area contributed by atoms with Crippen molar-refractivity contribution >= 4 is 11.6 Å². The lowest BCUT2D eigenvalue weighted by Crippen LogP contribution is -2.58. The van der Waals surface area contributed by atoms with Crippen molar-refractivity contribution in [3.63, 3.8) is 0 Å². The number of likely N-dealkylation sites (N-methyl/N-ethyl adjacent to an activating group) is 1. The minimum Gasteiger partial charge on any atom is -0.351 e. The van der Waals surface area contributed by atoms with Gasteiger partial charge in [0.25, 0.3) is 11.6 Å². The van der Waals surface area contributed by atoms with Crippen LogP contribution < -0.4 is 5.32 Å². The molecule has 2 rings (SSSR count). The largest absolute Gasteiger partial charge is 0.351 e. The number of hydrogen-bond donors (Lipinski definition) is 1. The Morgan fingerprint density at radius 3 is 2.67 bits per heavy atom. The summed E-state index contributed by atoms with van der Waals surface area (Å²) in [4.78, 5) is 27.3. The molecule has 24 heavy (non-hydrogen) atoms. The molecule has 0 aromatic heterocycles. The number of nitro benzene ring substituents is 1. The Morgan fingerprint density at radius 1 is 1.38 bits per heavy atom. The molecule has 0 spiro atoms. The summed E-state index contributed by atoms with van der Waals surface area (Å²) in [6.45, 7) is 10.5. The number of nitrogens with zero attached hydrogens (tertiary/aromatic N) is 3. The van der Waals surface area contributed by atoms with E-state index in [2.05, 4.69) is 36.0 Å². The first-order valence-electron chi connectivity index (χ1n) is 8.17. The Kier molecular flexibility index (Phi) is 5.56. The molecule has 1 amide bonds. The molecule has 1 aliphatic heterocycles. The fourth-order valence-corrected chi connectivity index (χ4v) is 2.97. The number of hydrogen-bond acceptors (Lipinski definition) is 5. The summed E-state index contributed by atoms with van der Waals surface area (Å²) in [5, 5.41) is 13.7. The van der Waals surface area contributed by atoms with E-state index in [4.69, 9.17) is 0 Å². The van der Waals surface area contributed by atoms with Crippen LogP contribution in [0, 0.1) is 17.0 Å². The van der Waals surface area contributed by atoms with Crippen LogP contribution in [0.15, 0.2) is 18.2 Å². The third kappa shape index (κ3) is 4.30. The number of non-ortho nitro benzene ring substituents is 1. The average Bonchev–Trinajstić information content (AvgIpc) is 2.50. The number of nitro groups is 1. The van der Waals surface area contributed by atoms with Gasteiger partial charge in [-0.05, 0) is 39.4 Å². The summed E-state index contributed by atoms with van der Waals surface area (Å²) in [5.41, 5.74) is 1.24. The third-order valence-electron chi connectivity index (χ3n) is 4.77. The van der Waals surface area contributed by atoms with E-state index in [-0.39, 0.29) is 17.1 Å². The molecule has 1 aromatic carbocycles. The van der Waals surface area contributed by atoms with Crippen molar-refractivity contribution in [1.29, 1.82) is 0 Å². The first kappa shape index (κ1) is 18.4. The van der Waals surface area contributed by atoms with Gasteiger partial charge in [-0.3, -0.25) is 24.7 Å². The number of aryl methyl sites for hydroxylation is 1. The number of piperazine rings is 1. The van der Waals surface area contributed by atoms with Crippen molar-refractivity contribution in [2.75, 3.05) is 39.8 Å². The van der Waals surface area contributed by atoms with Crippen molar-refractivity contribution in [2.24, 2.45) is 0 Å². The van der Waals surface area contributed by atoms with Gasteiger partial charge in [0, 0.05) is 56.0 Å². The summed E-state index contributed by atoms with van der Waals surface area (Å²) >= 11 is 0. The Hall–Kier alpha value is -1.99.